The fourth-order valence-electron chi connectivity index (χ4n) is 2.95. The number of carbonyl (C=O) groups is 2. The first-order chi connectivity index (χ1) is 12.4. The molecule has 0 bridgehead atoms. The normalized spacial score (nSPS) is 13.8. The van der Waals surface area contributed by atoms with E-state index in [9.17, 15) is 14.4 Å². The molecule has 2 aromatic rings. The highest BCUT2D eigenvalue weighted by Crippen LogP contribution is 2.31. The van der Waals surface area contributed by atoms with Crippen molar-refractivity contribution in [3.05, 3.63) is 28.0 Å². The molecule has 1 saturated carbocycles. The van der Waals surface area contributed by atoms with Gasteiger partial charge in [-0.3, -0.25) is 14.4 Å². The second-order valence-corrected chi connectivity index (χ2v) is 6.62. The van der Waals surface area contributed by atoms with Crippen LogP contribution in [0.25, 0.3) is 11.1 Å². The Bertz CT molecular complexity index is 894. The van der Waals surface area contributed by atoms with Crippen molar-refractivity contribution < 1.29 is 18.7 Å². The maximum atomic E-state index is 13.2. The minimum Gasteiger partial charge on any atom is -0.466 e. The Hall–Kier alpha value is -2.64. The van der Waals surface area contributed by atoms with Crippen molar-refractivity contribution in [2.24, 2.45) is 13.0 Å². The molecule has 1 aliphatic rings. The number of amides is 1. The Morgan fingerprint density at radius 3 is 2.81 bits per heavy atom. The summed E-state index contributed by atoms with van der Waals surface area (Å²) in [6.07, 6.45) is 3.62. The van der Waals surface area contributed by atoms with E-state index in [2.05, 4.69) is 4.98 Å². The van der Waals surface area contributed by atoms with Gasteiger partial charge in [0.2, 0.25) is 5.71 Å². The predicted molar refractivity (Wildman–Crippen MR) is 93.9 cm³/mol. The van der Waals surface area contributed by atoms with Gasteiger partial charge in [-0.15, -0.1) is 0 Å². The van der Waals surface area contributed by atoms with E-state index < -0.39 is 0 Å². The molecular weight excluding hydrogens is 338 g/mol. The molecule has 26 heavy (non-hydrogen) atoms. The lowest BCUT2D eigenvalue weighted by molar-refractivity contribution is -0.143. The SMILES string of the molecule is CCOC(=O)CCN(CC1CC1)C(=O)c1c(C)oc2ncn(C)c(=O)c12. The molecule has 2 aromatic heterocycles. The lowest BCUT2D eigenvalue weighted by Crippen LogP contribution is -2.36. The zero-order valence-corrected chi connectivity index (χ0v) is 15.3. The molecule has 0 aromatic carbocycles. The Balaban J connectivity index is 1.92. The molecule has 1 amide bonds. The third-order valence-corrected chi connectivity index (χ3v) is 4.52. The number of carbonyl (C=O) groups excluding carboxylic acids is 2. The monoisotopic (exact) mass is 361 g/mol. The number of ether oxygens (including phenoxy) is 1. The minimum absolute atomic E-state index is 0.122. The van der Waals surface area contributed by atoms with Gasteiger partial charge < -0.3 is 18.6 Å². The maximum Gasteiger partial charge on any atom is 0.307 e. The number of rotatable bonds is 7. The van der Waals surface area contributed by atoms with Gasteiger partial charge in [0, 0.05) is 20.1 Å². The van der Waals surface area contributed by atoms with Crippen molar-refractivity contribution >= 4 is 23.0 Å². The summed E-state index contributed by atoms with van der Waals surface area (Å²) >= 11 is 0. The topological polar surface area (TPSA) is 94.6 Å². The van der Waals surface area contributed by atoms with Crippen LogP contribution in [0.2, 0.25) is 0 Å². The van der Waals surface area contributed by atoms with E-state index in [1.54, 1.807) is 25.8 Å². The summed E-state index contributed by atoms with van der Waals surface area (Å²) in [7, 11) is 1.58. The van der Waals surface area contributed by atoms with Gasteiger partial charge in [0.05, 0.1) is 18.6 Å². The van der Waals surface area contributed by atoms with E-state index >= 15 is 0 Å². The number of hydrogen-bond acceptors (Lipinski definition) is 6. The Morgan fingerprint density at radius 1 is 1.42 bits per heavy atom. The predicted octanol–water partition coefficient (Wildman–Crippen LogP) is 1.64. The van der Waals surface area contributed by atoms with Crippen molar-refractivity contribution in [1.29, 1.82) is 0 Å². The summed E-state index contributed by atoms with van der Waals surface area (Å²) in [5.74, 6) is 0.160. The van der Waals surface area contributed by atoms with Crippen LogP contribution in [-0.4, -0.2) is 46.0 Å². The van der Waals surface area contributed by atoms with Gasteiger partial charge in [0.25, 0.3) is 11.5 Å². The summed E-state index contributed by atoms with van der Waals surface area (Å²) in [6.45, 7) is 4.51. The van der Waals surface area contributed by atoms with E-state index in [0.717, 1.165) is 12.8 Å². The van der Waals surface area contributed by atoms with Crippen LogP contribution in [0.4, 0.5) is 0 Å². The molecule has 0 spiro atoms. The lowest BCUT2D eigenvalue weighted by atomic mass is 10.1. The number of fused-ring (bicyclic) bond motifs is 1. The van der Waals surface area contributed by atoms with Gasteiger partial charge in [-0.2, -0.15) is 0 Å². The van der Waals surface area contributed by atoms with Crippen LogP contribution in [0.15, 0.2) is 15.5 Å². The van der Waals surface area contributed by atoms with Gasteiger partial charge in [-0.1, -0.05) is 0 Å². The van der Waals surface area contributed by atoms with Gasteiger partial charge in [-0.05, 0) is 32.6 Å². The summed E-state index contributed by atoms with van der Waals surface area (Å²) in [5, 5.41) is 0.189. The van der Waals surface area contributed by atoms with Crippen molar-refractivity contribution in [3.63, 3.8) is 0 Å². The largest absolute Gasteiger partial charge is 0.466 e. The Labute approximate surface area is 150 Å². The third kappa shape index (κ3) is 3.63. The van der Waals surface area contributed by atoms with Crippen LogP contribution in [0.1, 0.15) is 42.3 Å². The molecule has 0 radical (unpaired) electrons. The smallest absolute Gasteiger partial charge is 0.307 e. The lowest BCUT2D eigenvalue weighted by Gasteiger charge is -2.22. The van der Waals surface area contributed by atoms with Crippen molar-refractivity contribution in [1.82, 2.24) is 14.5 Å². The molecule has 0 saturated heterocycles. The molecule has 1 fully saturated rings. The first-order valence-electron chi connectivity index (χ1n) is 8.82. The average Bonchev–Trinajstić information content (AvgIpc) is 3.35. The van der Waals surface area contributed by atoms with Crippen molar-refractivity contribution in [2.75, 3.05) is 19.7 Å². The highest BCUT2D eigenvalue weighted by molar-refractivity contribution is 6.06. The highest BCUT2D eigenvalue weighted by Gasteiger charge is 2.31. The number of esters is 1. The fraction of sp³-hybridized carbons (Fsp3) is 0.556. The van der Waals surface area contributed by atoms with E-state index in [1.807, 2.05) is 0 Å². The van der Waals surface area contributed by atoms with Gasteiger partial charge in [0.1, 0.15) is 17.5 Å². The number of furan rings is 1. The van der Waals surface area contributed by atoms with Crippen molar-refractivity contribution in [3.8, 4) is 0 Å². The van der Waals surface area contributed by atoms with E-state index in [1.165, 1.54) is 10.9 Å². The molecular formula is C18H23N3O5. The Morgan fingerprint density at radius 2 is 2.15 bits per heavy atom. The third-order valence-electron chi connectivity index (χ3n) is 4.52. The van der Waals surface area contributed by atoms with Crippen LogP contribution >= 0.6 is 0 Å². The molecule has 8 nitrogen and oxygen atoms in total. The van der Waals surface area contributed by atoms with E-state index in [0.29, 0.717) is 24.8 Å². The molecule has 0 atom stereocenters. The summed E-state index contributed by atoms with van der Waals surface area (Å²) < 4.78 is 11.8. The fourth-order valence-corrected chi connectivity index (χ4v) is 2.95. The first-order valence-corrected chi connectivity index (χ1v) is 8.82. The van der Waals surface area contributed by atoms with Crippen LogP contribution in [0.5, 0.6) is 0 Å². The van der Waals surface area contributed by atoms with Crippen molar-refractivity contribution in [2.45, 2.75) is 33.1 Å². The van der Waals surface area contributed by atoms with Gasteiger partial charge >= 0.3 is 5.97 Å². The van der Waals surface area contributed by atoms with Crippen LogP contribution in [0, 0.1) is 12.8 Å². The highest BCUT2D eigenvalue weighted by atomic mass is 16.5. The molecule has 2 heterocycles. The van der Waals surface area contributed by atoms with Crippen LogP contribution < -0.4 is 5.56 Å². The van der Waals surface area contributed by atoms with Crippen LogP contribution in [-0.2, 0) is 16.6 Å². The number of aryl methyl sites for hydroxylation is 2. The molecule has 140 valence electrons. The molecule has 8 heteroatoms. The summed E-state index contributed by atoms with van der Waals surface area (Å²) in [5.41, 5.74) is 0.0656. The molecule has 0 aliphatic heterocycles. The zero-order valence-electron chi connectivity index (χ0n) is 15.3. The zero-order chi connectivity index (χ0) is 18.8. The molecule has 0 unspecified atom stereocenters. The molecule has 1 aliphatic carbocycles. The first kappa shape index (κ1) is 18.2. The average molecular weight is 361 g/mol. The Kier molecular flexibility index (Phi) is 5.11. The van der Waals surface area contributed by atoms with Gasteiger partial charge in [-0.25, -0.2) is 4.98 Å². The quantitative estimate of drug-likeness (QED) is 0.696. The molecule has 3 rings (SSSR count). The van der Waals surface area contributed by atoms with E-state index in [4.69, 9.17) is 9.15 Å². The van der Waals surface area contributed by atoms with Crippen LogP contribution in [0.3, 0.4) is 0 Å². The number of nitrogens with zero attached hydrogens (tertiary/aromatic N) is 3. The van der Waals surface area contributed by atoms with Gasteiger partial charge in [0.15, 0.2) is 0 Å². The molecule has 0 N–H and O–H groups in total. The maximum absolute atomic E-state index is 13.2. The number of aromatic nitrogens is 2. The minimum atomic E-state index is -0.340. The summed E-state index contributed by atoms with van der Waals surface area (Å²) in [6, 6.07) is 0. The van der Waals surface area contributed by atoms with E-state index in [-0.39, 0.29) is 47.1 Å². The standard InChI is InChI=1S/C18H23N3O5/c1-4-25-13(22)7-8-21(9-12-5-6-12)18(24)14-11(2)26-16-15(14)17(23)20(3)10-19-16/h10,12H,4-9H2,1-3H3. The number of hydrogen-bond donors (Lipinski definition) is 0. The second-order valence-electron chi connectivity index (χ2n) is 6.62. The second kappa shape index (κ2) is 7.31. The summed E-state index contributed by atoms with van der Waals surface area (Å²) in [4.78, 5) is 43.1.